The van der Waals surface area contributed by atoms with Crippen LogP contribution in [0.25, 0.3) is 10.9 Å². The molecule has 0 aliphatic rings. The highest BCUT2D eigenvalue weighted by Gasteiger charge is 2.21. The number of fused-ring (bicyclic) bond motifs is 1. The average molecular weight is 495 g/mol. The van der Waals surface area contributed by atoms with Crippen LogP contribution >= 0.6 is 11.6 Å². The van der Waals surface area contributed by atoms with Crippen molar-refractivity contribution < 1.29 is 19.6 Å². The lowest BCUT2D eigenvalue weighted by molar-refractivity contribution is -0.385. The Morgan fingerprint density at radius 3 is 2.57 bits per heavy atom. The van der Waals surface area contributed by atoms with Crippen LogP contribution in [0, 0.1) is 10.1 Å². The second-order valence-electron chi connectivity index (χ2n) is 7.23. The van der Waals surface area contributed by atoms with Gasteiger partial charge in [-0.25, -0.2) is 9.59 Å². The molecule has 0 atom stereocenters. The van der Waals surface area contributed by atoms with Crippen LogP contribution in [0.15, 0.2) is 75.4 Å². The Morgan fingerprint density at radius 1 is 1.17 bits per heavy atom. The van der Waals surface area contributed by atoms with Crippen molar-refractivity contribution in [1.82, 2.24) is 9.66 Å². The largest absolute Gasteiger partial charge is 0.481 e. The number of carboxylic acids is 1. The molecular formula is C23H15ClN4O7. The van der Waals surface area contributed by atoms with Crippen molar-refractivity contribution >= 4 is 40.4 Å². The van der Waals surface area contributed by atoms with Crippen molar-refractivity contribution in [3.63, 3.8) is 0 Å². The smallest absolute Gasteiger partial charge is 0.349 e. The number of benzene rings is 3. The number of aromatic carboxylic acids is 1. The summed E-state index contributed by atoms with van der Waals surface area (Å²) in [6.45, 7) is -0.139. The SMILES string of the molecule is O=C(O)c1ccc(COc2c(C=Nn3c(=O)[nH]c4ccccc4c3=O)cc(Cl)cc2[N+](=O)[O-])cc1. The summed E-state index contributed by atoms with van der Waals surface area (Å²) in [5, 5.41) is 24.8. The van der Waals surface area contributed by atoms with E-state index in [0.29, 0.717) is 15.8 Å². The van der Waals surface area contributed by atoms with Gasteiger partial charge in [-0.1, -0.05) is 35.9 Å². The van der Waals surface area contributed by atoms with Crippen LogP contribution in [-0.2, 0) is 6.61 Å². The van der Waals surface area contributed by atoms with Gasteiger partial charge in [-0.15, -0.1) is 4.68 Å². The molecule has 0 fully saturated rings. The lowest BCUT2D eigenvalue weighted by Gasteiger charge is -2.11. The molecule has 1 aromatic heterocycles. The highest BCUT2D eigenvalue weighted by Crippen LogP contribution is 2.34. The summed E-state index contributed by atoms with van der Waals surface area (Å²) in [6.07, 6.45) is 1.06. The van der Waals surface area contributed by atoms with Crippen molar-refractivity contribution in [3.05, 3.63) is 113 Å². The van der Waals surface area contributed by atoms with Gasteiger partial charge in [0.05, 0.1) is 27.6 Å². The van der Waals surface area contributed by atoms with Gasteiger partial charge >= 0.3 is 17.3 Å². The molecular weight excluding hydrogens is 480 g/mol. The number of rotatable bonds is 7. The number of hydrogen-bond acceptors (Lipinski definition) is 7. The minimum absolute atomic E-state index is 0.0103. The summed E-state index contributed by atoms with van der Waals surface area (Å²) >= 11 is 6.04. The molecule has 0 spiro atoms. The topological polar surface area (TPSA) is 157 Å². The minimum Gasteiger partial charge on any atom is -0.481 e. The Morgan fingerprint density at radius 2 is 1.89 bits per heavy atom. The molecule has 176 valence electrons. The van der Waals surface area contributed by atoms with Crippen LogP contribution in [0.1, 0.15) is 21.5 Å². The van der Waals surface area contributed by atoms with Crippen molar-refractivity contribution in [2.75, 3.05) is 0 Å². The number of aromatic nitrogens is 2. The van der Waals surface area contributed by atoms with Gasteiger partial charge in [-0.05, 0) is 35.9 Å². The van der Waals surface area contributed by atoms with Gasteiger partial charge in [0.25, 0.3) is 5.56 Å². The van der Waals surface area contributed by atoms with Crippen LogP contribution in [-0.4, -0.2) is 31.9 Å². The number of hydrogen-bond donors (Lipinski definition) is 2. The third-order valence-corrected chi connectivity index (χ3v) is 5.16. The lowest BCUT2D eigenvalue weighted by Crippen LogP contribution is -2.32. The maximum atomic E-state index is 12.7. The first-order valence-electron chi connectivity index (χ1n) is 9.96. The number of carbonyl (C=O) groups is 1. The van der Waals surface area contributed by atoms with Crippen LogP contribution in [0.5, 0.6) is 5.75 Å². The summed E-state index contributed by atoms with van der Waals surface area (Å²) in [4.78, 5) is 49.6. The number of para-hydroxylation sites is 1. The predicted molar refractivity (Wildman–Crippen MR) is 128 cm³/mol. The third kappa shape index (κ3) is 4.94. The normalized spacial score (nSPS) is 11.1. The van der Waals surface area contributed by atoms with E-state index in [1.54, 1.807) is 18.2 Å². The molecule has 12 heteroatoms. The van der Waals surface area contributed by atoms with Crippen molar-refractivity contribution in [2.45, 2.75) is 6.61 Å². The summed E-state index contributed by atoms with van der Waals surface area (Å²) in [5.74, 6) is -1.29. The van der Waals surface area contributed by atoms with E-state index in [1.165, 1.54) is 36.4 Å². The predicted octanol–water partition coefficient (Wildman–Crippen LogP) is 3.41. The Balaban J connectivity index is 1.74. The molecule has 0 aliphatic carbocycles. The average Bonchev–Trinajstić information content (AvgIpc) is 2.83. The second-order valence-corrected chi connectivity index (χ2v) is 7.66. The zero-order valence-corrected chi connectivity index (χ0v) is 18.4. The van der Waals surface area contributed by atoms with E-state index >= 15 is 0 Å². The Labute approximate surface area is 200 Å². The minimum atomic E-state index is -1.09. The first kappa shape index (κ1) is 23.4. The van der Waals surface area contributed by atoms with Gasteiger partial charge in [0, 0.05) is 16.7 Å². The first-order valence-corrected chi connectivity index (χ1v) is 10.3. The molecule has 4 aromatic rings. The van der Waals surface area contributed by atoms with Crippen LogP contribution < -0.4 is 16.0 Å². The van der Waals surface area contributed by atoms with E-state index in [0.717, 1.165) is 12.3 Å². The monoisotopic (exact) mass is 494 g/mol. The van der Waals surface area contributed by atoms with Gasteiger partial charge in [0.2, 0.25) is 5.75 Å². The quantitative estimate of drug-likeness (QED) is 0.226. The molecule has 3 aromatic carbocycles. The molecule has 0 unspecified atom stereocenters. The molecule has 0 bridgehead atoms. The highest BCUT2D eigenvalue weighted by atomic mass is 35.5. The number of ether oxygens (including phenoxy) is 1. The third-order valence-electron chi connectivity index (χ3n) is 4.94. The zero-order chi connectivity index (χ0) is 25.1. The molecule has 0 radical (unpaired) electrons. The molecule has 1 heterocycles. The van der Waals surface area contributed by atoms with Crippen LogP contribution in [0.2, 0.25) is 5.02 Å². The number of aromatic amines is 1. The number of carboxylic acid groups (broad SMARTS) is 1. The fourth-order valence-corrected chi connectivity index (χ4v) is 3.49. The van der Waals surface area contributed by atoms with Gasteiger partial charge in [-0.3, -0.25) is 14.9 Å². The van der Waals surface area contributed by atoms with E-state index < -0.39 is 27.8 Å². The van der Waals surface area contributed by atoms with E-state index in [1.807, 2.05) is 0 Å². The van der Waals surface area contributed by atoms with E-state index in [4.69, 9.17) is 21.4 Å². The molecule has 0 aliphatic heterocycles. The number of nitro groups is 1. The zero-order valence-electron chi connectivity index (χ0n) is 17.7. The second kappa shape index (κ2) is 9.61. The fraction of sp³-hybridized carbons (Fsp3) is 0.0435. The molecule has 0 saturated heterocycles. The first-order chi connectivity index (χ1) is 16.7. The van der Waals surface area contributed by atoms with Crippen molar-refractivity contribution in [3.8, 4) is 5.75 Å². The summed E-state index contributed by atoms with van der Waals surface area (Å²) in [7, 11) is 0. The molecule has 0 saturated carbocycles. The van der Waals surface area contributed by atoms with Crippen LogP contribution in [0.4, 0.5) is 5.69 Å². The molecule has 11 nitrogen and oxygen atoms in total. The Kier molecular flexibility index (Phi) is 6.42. The molecule has 0 amide bonds. The molecule has 35 heavy (non-hydrogen) atoms. The number of nitrogens with zero attached hydrogens (tertiary/aromatic N) is 3. The Hall–Kier alpha value is -4.77. The summed E-state index contributed by atoms with van der Waals surface area (Å²) in [5.41, 5.74) is -0.938. The molecule has 2 N–H and O–H groups in total. The van der Waals surface area contributed by atoms with E-state index in [2.05, 4.69) is 10.1 Å². The van der Waals surface area contributed by atoms with Gasteiger partial charge in [0.15, 0.2) is 0 Å². The Bertz CT molecular complexity index is 1610. The molecule has 4 rings (SSSR count). The summed E-state index contributed by atoms with van der Waals surface area (Å²) in [6, 6.07) is 14.6. The maximum Gasteiger partial charge on any atom is 0.349 e. The maximum absolute atomic E-state index is 12.7. The van der Waals surface area contributed by atoms with E-state index in [-0.39, 0.29) is 33.9 Å². The number of H-pyrrole nitrogens is 1. The highest BCUT2D eigenvalue weighted by molar-refractivity contribution is 6.31. The van der Waals surface area contributed by atoms with E-state index in [9.17, 15) is 24.5 Å². The summed E-state index contributed by atoms with van der Waals surface area (Å²) < 4.78 is 6.26. The lowest BCUT2D eigenvalue weighted by atomic mass is 10.1. The fourth-order valence-electron chi connectivity index (χ4n) is 3.27. The van der Waals surface area contributed by atoms with Crippen LogP contribution in [0.3, 0.4) is 0 Å². The standard InChI is InChI=1S/C23H15ClN4O7/c24-16-9-15(11-25-27-21(29)17-3-1-2-4-18(17)26-23(27)32)20(19(10-16)28(33)34)35-12-13-5-7-14(8-6-13)22(30)31/h1-11H,12H2,(H,26,32)(H,30,31). The number of nitro benzene ring substituents is 1. The van der Waals surface area contributed by atoms with Gasteiger partial charge in [-0.2, -0.15) is 5.10 Å². The van der Waals surface area contributed by atoms with Gasteiger partial charge in [0.1, 0.15) is 6.61 Å². The number of halogens is 1. The van der Waals surface area contributed by atoms with Crippen molar-refractivity contribution in [1.29, 1.82) is 0 Å². The number of nitrogens with one attached hydrogen (secondary N) is 1. The van der Waals surface area contributed by atoms with Crippen molar-refractivity contribution in [2.24, 2.45) is 5.10 Å². The van der Waals surface area contributed by atoms with Gasteiger partial charge < -0.3 is 14.8 Å².